The highest BCUT2D eigenvalue weighted by Crippen LogP contribution is 2.22. The summed E-state index contributed by atoms with van der Waals surface area (Å²) in [5, 5.41) is 4.14. The molecule has 0 N–H and O–H groups in total. The molecule has 0 saturated heterocycles. The normalized spacial score (nSPS) is 12.6. The predicted molar refractivity (Wildman–Crippen MR) is 98.8 cm³/mol. The first-order chi connectivity index (χ1) is 12.1. The van der Waals surface area contributed by atoms with Crippen molar-refractivity contribution in [3.8, 4) is 0 Å². The molecule has 140 valence electrons. The molecule has 0 aliphatic heterocycles. The largest absolute Gasteiger partial charge is 0.334 e. The van der Waals surface area contributed by atoms with E-state index in [9.17, 15) is 18.0 Å². The number of aryl methyl sites for hydroxylation is 1. The standard InChI is InChI=1S/C18H23N3O4S/c1-5-12-21-17(22)11-10-16(19-21)18(23)20(3)13(2)14-6-8-15(9-7-14)26(4,24)25/h6-11,13H,5,12H2,1-4H3. The van der Waals surface area contributed by atoms with Crippen molar-refractivity contribution in [3.63, 3.8) is 0 Å². The van der Waals surface area contributed by atoms with Crippen molar-refractivity contribution >= 4 is 15.7 Å². The molecule has 0 radical (unpaired) electrons. The molecule has 0 aliphatic rings. The maximum absolute atomic E-state index is 12.7. The van der Waals surface area contributed by atoms with Gasteiger partial charge in [0, 0.05) is 25.9 Å². The van der Waals surface area contributed by atoms with Gasteiger partial charge in [-0.2, -0.15) is 5.10 Å². The number of carbonyl (C=O) groups excluding carboxylic acids is 1. The lowest BCUT2D eigenvalue weighted by molar-refractivity contribution is 0.0733. The van der Waals surface area contributed by atoms with Crippen LogP contribution in [0.5, 0.6) is 0 Å². The summed E-state index contributed by atoms with van der Waals surface area (Å²) in [5.74, 6) is -0.311. The number of amides is 1. The fraction of sp³-hybridized carbons (Fsp3) is 0.389. The van der Waals surface area contributed by atoms with Crippen molar-refractivity contribution in [2.24, 2.45) is 0 Å². The maximum atomic E-state index is 12.7. The van der Waals surface area contributed by atoms with Gasteiger partial charge in [0.2, 0.25) is 0 Å². The van der Waals surface area contributed by atoms with Gasteiger partial charge in [-0.3, -0.25) is 9.59 Å². The minimum Gasteiger partial charge on any atom is -0.334 e. The van der Waals surface area contributed by atoms with E-state index >= 15 is 0 Å². The average molecular weight is 377 g/mol. The highest BCUT2D eigenvalue weighted by molar-refractivity contribution is 7.90. The SMILES string of the molecule is CCCn1nc(C(=O)N(C)C(C)c2ccc(S(C)(=O)=O)cc2)ccc1=O. The number of sulfone groups is 1. The average Bonchev–Trinajstić information content (AvgIpc) is 2.61. The minimum atomic E-state index is -3.26. The molecule has 8 heteroatoms. The van der Waals surface area contributed by atoms with Gasteiger partial charge in [0.1, 0.15) is 5.69 Å². The Morgan fingerprint density at radius 1 is 1.19 bits per heavy atom. The van der Waals surface area contributed by atoms with Crippen molar-refractivity contribution in [2.75, 3.05) is 13.3 Å². The molecule has 7 nitrogen and oxygen atoms in total. The predicted octanol–water partition coefficient (Wildman–Crippen LogP) is 1.89. The van der Waals surface area contributed by atoms with Crippen molar-refractivity contribution in [1.82, 2.24) is 14.7 Å². The summed E-state index contributed by atoms with van der Waals surface area (Å²) in [7, 11) is -1.61. The third-order valence-electron chi connectivity index (χ3n) is 4.21. The number of rotatable bonds is 6. The molecule has 1 amide bonds. The third kappa shape index (κ3) is 4.37. The Hall–Kier alpha value is -2.48. The Balaban J connectivity index is 2.24. The van der Waals surface area contributed by atoms with E-state index in [-0.39, 0.29) is 28.1 Å². The van der Waals surface area contributed by atoms with Crippen LogP contribution in [0.2, 0.25) is 0 Å². The second-order valence-electron chi connectivity index (χ2n) is 6.21. The molecule has 2 aromatic rings. The Morgan fingerprint density at radius 2 is 1.81 bits per heavy atom. The van der Waals surface area contributed by atoms with Gasteiger partial charge in [0.15, 0.2) is 9.84 Å². The van der Waals surface area contributed by atoms with E-state index in [4.69, 9.17) is 0 Å². The zero-order valence-electron chi connectivity index (χ0n) is 15.3. The molecule has 0 fully saturated rings. The van der Waals surface area contributed by atoms with Crippen molar-refractivity contribution in [2.45, 2.75) is 37.8 Å². The number of carbonyl (C=O) groups is 1. The maximum Gasteiger partial charge on any atom is 0.274 e. The summed E-state index contributed by atoms with van der Waals surface area (Å²) in [5.41, 5.74) is 0.755. The molecule has 0 saturated carbocycles. The van der Waals surface area contributed by atoms with Crippen LogP contribution >= 0.6 is 0 Å². The Kier molecular flexibility index (Phi) is 5.97. The van der Waals surface area contributed by atoms with Gasteiger partial charge in [-0.1, -0.05) is 19.1 Å². The quantitative estimate of drug-likeness (QED) is 0.767. The van der Waals surface area contributed by atoms with Crippen LogP contribution in [-0.2, 0) is 16.4 Å². The molecule has 26 heavy (non-hydrogen) atoms. The van der Waals surface area contributed by atoms with Crippen molar-refractivity contribution in [3.05, 3.63) is 58.0 Å². The molecular weight excluding hydrogens is 354 g/mol. The number of benzene rings is 1. The first-order valence-electron chi connectivity index (χ1n) is 8.30. The lowest BCUT2D eigenvalue weighted by Crippen LogP contribution is -2.33. The number of hydrogen-bond donors (Lipinski definition) is 0. The molecular formula is C18H23N3O4S. The third-order valence-corrected chi connectivity index (χ3v) is 5.34. The van der Waals surface area contributed by atoms with E-state index in [1.165, 1.54) is 33.8 Å². The molecule has 2 rings (SSSR count). The molecule has 1 unspecified atom stereocenters. The minimum absolute atomic E-state index is 0.195. The second-order valence-corrected chi connectivity index (χ2v) is 8.23. The molecule has 1 aromatic carbocycles. The van der Waals surface area contributed by atoms with Crippen LogP contribution in [-0.4, -0.2) is 42.3 Å². The van der Waals surface area contributed by atoms with Crippen LogP contribution in [0.3, 0.4) is 0 Å². The molecule has 0 aliphatic carbocycles. The van der Waals surface area contributed by atoms with Gasteiger partial charge < -0.3 is 4.90 Å². The van der Waals surface area contributed by atoms with Crippen LogP contribution in [0.15, 0.2) is 46.1 Å². The van der Waals surface area contributed by atoms with E-state index in [0.29, 0.717) is 6.54 Å². The summed E-state index contributed by atoms with van der Waals surface area (Å²) in [6.45, 7) is 4.22. The fourth-order valence-electron chi connectivity index (χ4n) is 2.51. The second kappa shape index (κ2) is 7.82. The van der Waals surface area contributed by atoms with Crippen LogP contribution in [0, 0.1) is 0 Å². The molecule has 1 aromatic heterocycles. The van der Waals surface area contributed by atoms with Crippen LogP contribution in [0.1, 0.15) is 42.4 Å². The smallest absolute Gasteiger partial charge is 0.274 e. The van der Waals surface area contributed by atoms with E-state index in [1.807, 2.05) is 13.8 Å². The molecule has 1 atom stereocenters. The van der Waals surface area contributed by atoms with Gasteiger partial charge >= 0.3 is 0 Å². The van der Waals surface area contributed by atoms with Crippen molar-refractivity contribution in [1.29, 1.82) is 0 Å². The summed E-state index contributed by atoms with van der Waals surface area (Å²) < 4.78 is 24.4. The van der Waals surface area contributed by atoms with Gasteiger partial charge in [0.05, 0.1) is 10.9 Å². The fourth-order valence-corrected chi connectivity index (χ4v) is 3.14. The van der Waals surface area contributed by atoms with E-state index < -0.39 is 9.84 Å². The number of aromatic nitrogens is 2. The summed E-state index contributed by atoms with van der Waals surface area (Å²) in [4.78, 5) is 26.2. The molecule has 1 heterocycles. The zero-order chi connectivity index (χ0) is 19.5. The number of nitrogens with zero attached hydrogens (tertiary/aromatic N) is 3. The van der Waals surface area contributed by atoms with Crippen LogP contribution in [0.25, 0.3) is 0 Å². The zero-order valence-corrected chi connectivity index (χ0v) is 16.2. The highest BCUT2D eigenvalue weighted by atomic mass is 32.2. The highest BCUT2D eigenvalue weighted by Gasteiger charge is 2.21. The topological polar surface area (TPSA) is 89.3 Å². The van der Waals surface area contributed by atoms with Gasteiger partial charge in [-0.05, 0) is 37.1 Å². The lowest BCUT2D eigenvalue weighted by Gasteiger charge is -2.25. The van der Waals surface area contributed by atoms with Gasteiger partial charge in [0.25, 0.3) is 11.5 Å². The van der Waals surface area contributed by atoms with E-state index in [0.717, 1.165) is 18.2 Å². The van der Waals surface area contributed by atoms with E-state index in [1.54, 1.807) is 19.2 Å². The van der Waals surface area contributed by atoms with Gasteiger partial charge in [-0.15, -0.1) is 0 Å². The first kappa shape index (κ1) is 19.8. The lowest BCUT2D eigenvalue weighted by atomic mass is 10.1. The summed E-state index contributed by atoms with van der Waals surface area (Å²) in [6, 6.07) is 8.91. The summed E-state index contributed by atoms with van der Waals surface area (Å²) >= 11 is 0. The summed E-state index contributed by atoms with van der Waals surface area (Å²) in [6.07, 6.45) is 1.89. The van der Waals surface area contributed by atoms with Crippen LogP contribution < -0.4 is 5.56 Å². The Labute approximate surface area is 153 Å². The number of hydrogen-bond acceptors (Lipinski definition) is 5. The van der Waals surface area contributed by atoms with E-state index in [2.05, 4.69) is 5.10 Å². The Bertz CT molecular complexity index is 949. The van der Waals surface area contributed by atoms with Gasteiger partial charge in [-0.25, -0.2) is 13.1 Å². The Morgan fingerprint density at radius 3 is 2.35 bits per heavy atom. The first-order valence-corrected chi connectivity index (χ1v) is 10.2. The molecule has 0 bridgehead atoms. The van der Waals surface area contributed by atoms with Crippen molar-refractivity contribution < 1.29 is 13.2 Å². The van der Waals surface area contributed by atoms with Crippen LogP contribution in [0.4, 0.5) is 0 Å². The monoisotopic (exact) mass is 377 g/mol. The molecule has 0 spiro atoms.